The molecule has 0 aliphatic carbocycles. The average molecular weight is 538 g/mol. The van der Waals surface area contributed by atoms with Gasteiger partial charge < -0.3 is 38.8 Å². The predicted octanol–water partition coefficient (Wildman–Crippen LogP) is 2.54. The van der Waals surface area contributed by atoms with Crippen molar-refractivity contribution in [1.29, 1.82) is 0 Å². The Morgan fingerprint density at radius 2 is 0.828 bits per heavy atom. The third-order valence-electron chi connectivity index (χ3n) is 2.11. The summed E-state index contributed by atoms with van der Waals surface area (Å²) in [4.78, 5) is 45.3. The third kappa shape index (κ3) is 38.9. The third-order valence-corrected chi connectivity index (χ3v) is 2.11. The second-order valence-corrected chi connectivity index (χ2v) is 9.51. The molecular formula is C16H26O8P2S2Zn. The van der Waals surface area contributed by atoms with E-state index in [2.05, 4.69) is 23.6 Å². The van der Waals surface area contributed by atoms with Gasteiger partial charge in [-0.3, -0.25) is 0 Å². The van der Waals surface area contributed by atoms with Crippen molar-refractivity contribution < 1.29 is 58.3 Å². The molecule has 0 atom stereocenters. The van der Waals surface area contributed by atoms with E-state index < -0.39 is 13.4 Å². The van der Waals surface area contributed by atoms with Gasteiger partial charge in [-0.15, -0.1) is 0 Å². The van der Waals surface area contributed by atoms with Gasteiger partial charge >= 0.3 is 13.4 Å². The zero-order valence-electron chi connectivity index (χ0n) is 16.1. The van der Waals surface area contributed by atoms with E-state index in [1.807, 2.05) is 74.5 Å². The Morgan fingerprint density at radius 3 is 1.00 bits per heavy atom. The first-order chi connectivity index (χ1) is 12.9. The van der Waals surface area contributed by atoms with Gasteiger partial charge in [-0.25, -0.2) is 0 Å². The van der Waals surface area contributed by atoms with Gasteiger partial charge in [0.25, 0.3) is 0 Å². The van der Waals surface area contributed by atoms with E-state index in [0.717, 1.165) is 24.7 Å². The van der Waals surface area contributed by atoms with Crippen molar-refractivity contribution in [3.63, 3.8) is 0 Å². The SMILES string of the molecule is CCOc1ccccc1.CCOc1ccccc1.OP(O)(O)=S.OP(O)(O)=S.[Zn]. The first-order valence-electron chi connectivity index (χ1n) is 7.79. The maximum absolute atomic E-state index is 7.56. The normalized spacial score (nSPS) is 9.66. The topological polar surface area (TPSA) is 140 Å². The van der Waals surface area contributed by atoms with E-state index in [1.165, 1.54) is 0 Å². The molecule has 0 aliphatic heterocycles. The van der Waals surface area contributed by atoms with Gasteiger partial charge in [-0.1, -0.05) is 36.4 Å². The van der Waals surface area contributed by atoms with Crippen LogP contribution in [0.5, 0.6) is 11.5 Å². The van der Waals surface area contributed by atoms with Crippen LogP contribution in [-0.4, -0.2) is 42.6 Å². The predicted molar refractivity (Wildman–Crippen MR) is 117 cm³/mol. The molecule has 29 heavy (non-hydrogen) atoms. The fraction of sp³-hybridized carbons (Fsp3) is 0.250. The van der Waals surface area contributed by atoms with Gasteiger partial charge in [0.2, 0.25) is 0 Å². The molecule has 0 saturated heterocycles. The quantitative estimate of drug-likeness (QED) is 0.255. The van der Waals surface area contributed by atoms with E-state index in [-0.39, 0.29) is 19.5 Å². The molecule has 8 nitrogen and oxygen atoms in total. The van der Waals surface area contributed by atoms with Crippen LogP contribution in [0.4, 0.5) is 0 Å². The molecule has 0 aliphatic rings. The number of ether oxygens (including phenoxy) is 2. The van der Waals surface area contributed by atoms with E-state index in [9.17, 15) is 0 Å². The second-order valence-electron chi connectivity index (χ2n) is 4.52. The number of benzene rings is 2. The molecule has 162 valence electrons. The Labute approximate surface area is 194 Å². The van der Waals surface area contributed by atoms with E-state index in [0.29, 0.717) is 0 Å². The van der Waals surface area contributed by atoms with Crippen LogP contribution >= 0.6 is 13.4 Å². The molecule has 0 radical (unpaired) electrons. The van der Waals surface area contributed by atoms with Gasteiger partial charge in [0.1, 0.15) is 11.5 Å². The van der Waals surface area contributed by atoms with Crippen LogP contribution in [-0.2, 0) is 43.1 Å². The molecule has 0 fully saturated rings. The van der Waals surface area contributed by atoms with E-state index in [1.54, 1.807) is 0 Å². The molecule has 0 unspecified atom stereocenters. The number of rotatable bonds is 4. The van der Waals surface area contributed by atoms with Crippen molar-refractivity contribution in [2.45, 2.75) is 13.8 Å². The van der Waals surface area contributed by atoms with Crippen LogP contribution in [0.1, 0.15) is 13.8 Å². The standard InChI is InChI=1S/2C8H10O.2H3O3PS.Zn/c2*1-2-9-8-6-4-3-5-7-8;2*1-4(2,3)5;/h2*3-7H,2H2,1H3;2*(H3,1,2,3,5);. The summed E-state index contributed by atoms with van der Waals surface area (Å²) in [7, 11) is 0. The van der Waals surface area contributed by atoms with Crippen molar-refractivity contribution in [2.75, 3.05) is 13.2 Å². The monoisotopic (exact) mass is 536 g/mol. The number of hydrogen-bond donors (Lipinski definition) is 6. The smallest absolute Gasteiger partial charge is 0.319 e. The van der Waals surface area contributed by atoms with Gasteiger partial charge in [0, 0.05) is 19.5 Å². The molecule has 13 heteroatoms. The maximum Gasteiger partial charge on any atom is 0.319 e. The van der Waals surface area contributed by atoms with Crippen LogP contribution in [0.25, 0.3) is 0 Å². The Bertz CT molecular complexity index is 621. The molecule has 2 aromatic carbocycles. The molecule has 2 rings (SSSR count). The minimum atomic E-state index is -3.81. The minimum Gasteiger partial charge on any atom is -0.494 e. The molecule has 6 N–H and O–H groups in total. The zero-order valence-corrected chi connectivity index (χ0v) is 22.5. The fourth-order valence-corrected chi connectivity index (χ4v) is 1.37. The van der Waals surface area contributed by atoms with Crippen molar-refractivity contribution in [2.24, 2.45) is 0 Å². The Balaban J connectivity index is -0.000000321. The maximum atomic E-state index is 7.56. The molecule has 0 aromatic heterocycles. The van der Waals surface area contributed by atoms with Crippen LogP contribution in [0.15, 0.2) is 60.7 Å². The summed E-state index contributed by atoms with van der Waals surface area (Å²) in [5, 5.41) is 0. The fourth-order valence-electron chi connectivity index (χ4n) is 1.37. The summed E-state index contributed by atoms with van der Waals surface area (Å²) in [6, 6.07) is 19.6. The Kier molecular flexibility index (Phi) is 22.6. The first-order valence-corrected chi connectivity index (χ1v) is 13.1. The molecule has 0 bridgehead atoms. The molecular weight excluding hydrogens is 512 g/mol. The van der Waals surface area contributed by atoms with Crippen molar-refractivity contribution in [1.82, 2.24) is 0 Å². The van der Waals surface area contributed by atoms with Gasteiger partial charge in [-0.2, -0.15) is 0 Å². The summed E-state index contributed by atoms with van der Waals surface area (Å²) in [6.45, 7) is -2.17. The van der Waals surface area contributed by atoms with Crippen molar-refractivity contribution in [3.05, 3.63) is 60.7 Å². The first kappa shape index (κ1) is 33.4. The van der Waals surface area contributed by atoms with E-state index >= 15 is 0 Å². The zero-order chi connectivity index (χ0) is 22.1. The summed E-state index contributed by atoms with van der Waals surface area (Å²) < 4.78 is 10.4. The summed E-state index contributed by atoms with van der Waals surface area (Å²) >= 11 is 7.21. The van der Waals surface area contributed by atoms with Crippen molar-refractivity contribution >= 4 is 37.1 Å². The second kappa shape index (κ2) is 19.7. The molecule has 0 amide bonds. The van der Waals surface area contributed by atoms with Crippen LogP contribution < -0.4 is 9.47 Å². The largest absolute Gasteiger partial charge is 0.494 e. The Hall–Kier alpha value is -0.277. The summed E-state index contributed by atoms with van der Waals surface area (Å²) in [6.07, 6.45) is 0. The average Bonchev–Trinajstić information content (AvgIpc) is 2.55. The van der Waals surface area contributed by atoms with Crippen LogP contribution in [0.2, 0.25) is 0 Å². The van der Waals surface area contributed by atoms with Crippen LogP contribution in [0, 0.1) is 0 Å². The molecule has 0 saturated carbocycles. The number of para-hydroxylation sites is 2. The molecule has 0 spiro atoms. The molecule has 2 aromatic rings. The number of hydrogen-bond acceptors (Lipinski definition) is 4. The van der Waals surface area contributed by atoms with Crippen LogP contribution in [0.3, 0.4) is 0 Å². The van der Waals surface area contributed by atoms with Gasteiger partial charge in [0.05, 0.1) is 13.2 Å². The van der Waals surface area contributed by atoms with Gasteiger partial charge in [0.15, 0.2) is 0 Å². The minimum absolute atomic E-state index is 0. The Morgan fingerprint density at radius 1 is 0.621 bits per heavy atom. The van der Waals surface area contributed by atoms with Gasteiger partial charge in [-0.05, 0) is 61.7 Å². The summed E-state index contributed by atoms with van der Waals surface area (Å²) in [5.41, 5.74) is 0. The van der Waals surface area contributed by atoms with Crippen molar-refractivity contribution in [3.8, 4) is 11.5 Å². The molecule has 0 heterocycles. The summed E-state index contributed by atoms with van der Waals surface area (Å²) in [5.74, 6) is 1.89. The van der Waals surface area contributed by atoms with E-state index in [4.69, 9.17) is 38.8 Å².